The maximum atomic E-state index is 12.2. The van der Waals surface area contributed by atoms with E-state index >= 15 is 0 Å². The third kappa shape index (κ3) is 3.93. The van der Waals surface area contributed by atoms with Gasteiger partial charge in [0.25, 0.3) is 5.91 Å². The zero-order valence-electron chi connectivity index (χ0n) is 16.4. The molecule has 6 heteroatoms. The normalized spacial score (nSPS) is 30.1. The van der Waals surface area contributed by atoms with Gasteiger partial charge in [-0.25, -0.2) is 9.78 Å². The first kappa shape index (κ1) is 18.4. The Morgan fingerprint density at radius 1 is 1.14 bits per heavy atom. The van der Waals surface area contributed by atoms with Crippen LogP contribution in [-0.4, -0.2) is 30.0 Å². The lowest BCUT2D eigenvalue weighted by Gasteiger charge is -2.56. The Bertz CT molecular complexity index is 892. The number of aromatic nitrogens is 1. The summed E-state index contributed by atoms with van der Waals surface area (Å²) in [6.45, 7) is 0.453. The van der Waals surface area contributed by atoms with Crippen LogP contribution in [0.5, 0.6) is 0 Å². The third-order valence-corrected chi connectivity index (χ3v) is 6.84. The average molecular weight is 394 g/mol. The van der Waals surface area contributed by atoms with E-state index in [4.69, 9.17) is 9.15 Å². The van der Waals surface area contributed by atoms with Crippen molar-refractivity contribution in [3.8, 4) is 0 Å². The van der Waals surface area contributed by atoms with E-state index < -0.39 is 5.97 Å². The van der Waals surface area contributed by atoms with Crippen molar-refractivity contribution in [2.45, 2.75) is 38.5 Å². The maximum Gasteiger partial charge on any atom is 0.331 e. The number of oxazole rings is 1. The molecule has 29 heavy (non-hydrogen) atoms. The van der Waals surface area contributed by atoms with Crippen LogP contribution in [-0.2, 0) is 14.3 Å². The second-order valence-electron chi connectivity index (χ2n) is 9.16. The first-order valence-corrected chi connectivity index (χ1v) is 10.5. The molecule has 0 spiro atoms. The van der Waals surface area contributed by atoms with Gasteiger partial charge in [-0.3, -0.25) is 4.79 Å². The second-order valence-corrected chi connectivity index (χ2v) is 9.16. The van der Waals surface area contributed by atoms with Crippen LogP contribution >= 0.6 is 0 Å². The summed E-state index contributed by atoms with van der Waals surface area (Å²) in [4.78, 5) is 28.4. The zero-order chi connectivity index (χ0) is 19.8. The summed E-state index contributed by atoms with van der Waals surface area (Å²) >= 11 is 0. The molecule has 1 heterocycles. The van der Waals surface area contributed by atoms with E-state index in [-0.39, 0.29) is 17.9 Å². The van der Waals surface area contributed by atoms with Crippen molar-refractivity contribution in [3.63, 3.8) is 0 Å². The number of fused-ring (bicyclic) bond motifs is 1. The van der Waals surface area contributed by atoms with E-state index in [9.17, 15) is 9.59 Å². The molecule has 152 valence electrons. The highest BCUT2D eigenvalue weighted by Gasteiger charge is 2.50. The Balaban J connectivity index is 1.09. The number of ether oxygens (including phenoxy) is 1. The van der Waals surface area contributed by atoms with Crippen molar-refractivity contribution in [3.05, 3.63) is 36.2 Å². The number of para-hydroxylation sites is 2. The minimum Gasteiger partial charge on any atom is -0.452 e. The fourth-order valence-corrected chi connectivity index (χ4v) is 6.13. The maximum absolute atomic E-state index is 12.2. The van der Waals surface area contributed by atoms with Crippen molar-refractivity contribution >= 4 is 29.1 Å². The number of amides is 1. The Labute approximate surface area is 169 Å². The average Bonchev–Trinajstić information content (AvgIpc) is 3.11. The fourth-order valence-electron chi connectivity index (χ4n) is 6.13. The molecule has 4 fully saturated rings. The first-order valence-electron chi connectivity index (χ1n) is 10.5. The van der Waals surface area contributed by atoms with Gasteiger partial charge >= 0.3 is 5.97 Å². The summed E-state index contributed by atoms with van der Waals surface area (Å²) in [7, 11) is 0. The van der Waals surface area contributed by atoms with Crippen LogP contribution < -0.4 is 5.32 Å². The van der Waals surface area contributed by atoms with Crippen molar-refractivity contribution in [1.82, 2.24) is 10.3 Å². The van der Waals surface area contributed by atoms with E-state index in [1.165, 1.54) is 50.7 Å². The number of hydrogen-bond donors (Lipinski definition) is 1. The van der Waals surface area contributed by atoms with Gasteiger partial charge in [-0.15, -0.1) is 0 Å². The largest absolute Gasteiger partial charge is 0.452 e. The van der Waals surface area contributed by atoms with Crippen LogP contribution in [0.15, 0.2) is 34.8 Å². The summed E-state index contributed by atoms with van der Waals surface area (Å²) in [5, 5.41) is 3.02. The molecule has 1 amide bonds. The molecular formula is C23H26N2O4. The number of hydrogen-bond acceptors (Lipinski definition) is 5. The topological polar surface area (TPSA) is 81.4 Å². The molecule has 0 aliphatic heterocycles. The van der Waals surface area contributed by atoms with Crippen molar-refractivity contribution in [1.29, 1.82) is 0 Å². The standard InChI is InChI=1S/C23H26N2O4/c26-20(24-14-23-10-15-7-16(11-23)9-17(8-15)12-23)13-28-22(27)6-5-21-25-18-3-1-2-4-19(18)29-21/h1-6,15-17H,7-14H2,(H,24,26)/b6-5+. The first-order chi connectivity index (χ1) is 14.1. The molecule has 6 nitrogen and oxygen atoms in total. The van der Waals surface area contributed by atoms with Crippen LogP contribution in [0.4, 0.5) is 0 Å². The summed E-state index contributed by atoms with van der Waals surface area (Å²) in [6.07, 6.45) is 10.6. The highest BCUT2D eigenvalue weighted by molar-refractivity contribution is 5.89. The molecular weight excluding hydrogens is 368 g/mol. The van der Waals surface area contributed by atoms with Crippen LogP contribution in [0, 0.1) is 23.2 Å². The quantitative estimate of drug-likeness (QED) is 0.597. The Kier molecular flexibility index (Phi) is 4.64. The number of nitrogens with zero attached hydrogens (tertiary/aromatic N) is 1. The zero-order valence-corrected chi connectivity index (χ0v) is 16.4. The Morgan fingerprint density at radius 3 is 2.52 bits per heavy atom. The molecule has 0 saturated heterocycles. The minimum absolute atomic E-state index is 0.232. The van der Waals surface area contributed by atoms with Crippen LogP contribution in [0.1, 0.15) is 44.4 Å². The van der Waals surface area contributed by atoms with Gasteiger partial charge in [-0.2, -0.15) is 0 Å². The van der Waals surface area contributed by atoms with Crippen LogP contribution in [0.2, 0.25) is 0 Å². The van der Waals surface area contributed by atoms with E-state index in [1.807, 2.05) is 24.3 Å². The molecule has 4 saturated carbocycles. The number of esters is 1. The molecule has 4 aliphatic carbocycles. The van der Waals surface area contributed by atoms with Gasteiger partial charge in [-0.05, 0) is 73.8 Å². The van der Waals surface area contributed by atoms with Gasteiger partial charge in [0.15, 0.2) is 12.2 Å². The lowest BCUT2D eigenvalue weighted by Crippen LogP contribution is -2.51. The Hall–Kier alpha value is -2.63. The minimum atomic E-state index is -0.586. The van der Waals surface area contributed by atoms with Crippen molar-refractivity contribution in [2.24, 2.45) is 23.2 Å². The summed E-state index contributed by atoms with van der Waals surface area (Å²) < 4.78 is 10.6. The van der Waals surface area contributed by atoms with E-state index in [0.29, 0.717) is 18.0 Å². The van der Waals surface area contributed by atoms with Gasteiger partial charge in [0, 0.05) is 18.7 Å². The highest BCUT2D eigenvalue weighted by Crippen LogP contribution is 2.59. The van der Waals surface area contributed by atoms with Crippen LogP contribution in [0.25, 0.3) is 17.2 Å². The smallest absolute Gasteiger partial charge is 0.331 e. The monoisotopic (exact) mass is 394 g/mol. The molecule has 4 bridgehead atoms. The van der Waals surface area contributed by atoms with Gasteiger partial charge in [0.05, 0.1) is 0 Å². The SMILES string of the molecule is O=C(COC(=O)/C=C/c1nc2ccccc2o1)NCC12CC3CC(CC(C3)C1)C2. The van der Waals surface area contributed by atoms with Crippen molar-refractivity contribution < 1.29 is 18.7 Å². The van der Waals surface area contributed by atoms with Gasteiger partial charge < -0.3 is 14.5 Å². The van der Waals surface area contributed by atoms with Gasteiger partial charge in [-0.1, -0.05) is 12.1 Å². The number of carbonyl (C=O) groups is 2. The molecule has 6 rings (SSSR count). The third-order valence-electron chi connectivity index (χ3n) is 6.84. The summed E-state index contributed by atoms with van der Waals surface area (Å²) in [5.74, 6) is 2.07. The highest BCUT2D eigenvalue weighted by atomic mass is 16.5. The summed E-state index contributed by atoms with van der Waals surface area (Å²) in [6, 6.07) is 7.38. The molecule has 0 atom stereocenters. The lowest BCUT2D eigenvalue weighted by molar-refractivity contribution is -0.144. The van der Waals surface area contributed by atoms with Gasteiger partial charge in [0.2, 0.25) is 5.89 Å². The Morgan fingerprint density at radius 2 is 1.83 bits per heavy atom. The second kappa shape index (κ2) is 7.32. The van der Waals surface area contributed by atoms with E-state index in [2.05, 4.69) is 10.3 Å². The summed E-state index contributed by atoms with van der Waals surface area (Å²) in [5.41, 5.74) is 1.66. The lowest BCUT2D eigenvalue weighted by atomic mass is 9.49. The number of rotatable bonds is 6. The number of nitrogens with one attached hydrogen (secondary N) is 1. The molecule has 1 aromatic heterocycles. The molecule has 4 aliphatic rings. The number of carbonyl (C=O) groups excluding carboxylic acids is 2. The predicted molar refractivity (Wildman–Crippen MR) is 108 cm³/mol. The fraction of sp³-hybridized carbons (Fsp3) is 0.522. The van der Waals surface area contributed by atoms with Crippen LogP contribution in [0.3, 0.4) is 0 Å². The van der Waals surface area contributed by atoms with Gasteiger partial charge in [0.1, 0.15) is 5.52 Å². The number of benzene rings is 1. The molecule has 2 aromatic rings. The molecule has 0 unspecified atom stereocenters. The van der Waals surface area contributed by atoms with E-state index in [0.717, 1.165) is 23.3 Å². The predicted octanol–water partition coefficient (Wildman–Crippen LogP) is 3.72. The molecule has 0 radical (unpaired) electrons. The van der Waals surface area contributed by atoms with E-state index in [1.54, 1.807) is 0 Å². The molecule has 1 N–H and O–H groups in total. The molecule has 1 aromatic carbocycles. The van der Waals surface area contributed by atoms with Crippen molar-refractivity contribution in [2.75, 3.05) is 13.2 Å².